The average Bonchev–Trinajstić information content (AvgIpc) is 3.07. The minimum absolute atomic E-state index is 0.344. The number of halogens is 2. The van der Waals surface area contributed by atoms with E-state index in [4.69, 9.17) is 28.2 Å². The predicted octanol–water partition coefficient (Wildman–Crippen LogP) is 5.15. The molecule has 0 aliphatic heterocycles. The fourth-order valence-corrected chi connectivity index (χ4v) is 4.62. The number of hydrogen-bond donors (Lipinski definition) is 0. The highest BCUT2D eigenvalue weighted by Crippen LogP contribution is 2.42. The van der Waals surface area contributed by atoms with E-state index in [1.807, 2.05) is 30.0 Å². The molecule has 0 spiro atoms. The Bertz CT molecular complexity index is 632. The fourth-order valence-electron chi connectivity index (χ4n) is 3.33. The van der Waals surface area contributed by atoms with Crippen LogP contribution in [-0.4, -0.2) is 26.4 Å². The van der Waals surface area contributed by atoms with Gasteiger partial charge in [-0.2, -0.15) is 11.8 Å². The van der Waals surface area contributed by atoms with Gasteiger partial charge in [0, 0.05) is 28.6 Å². The van der Waals surface area contributed by atoms with Gasteiger partial charge in [-0.25, -0.2) is 4.98 Å². The van der Waals surface area contributed by atoms with Crippen LogP contribution in [0.4, 0.5) is 0 Å². The third-order valence-corrected chi connectivity index (χ3v) is 6.33. The number of benzene rings is 1. The summed E-state index contributed by atoms with van der Waals surface area (Å²) in [6.07, 6.45) is 8.28. The van der Waals surface area contributed by atoms with Gasteiger partial charge < -0.3 is 4.57 Å². The van der Waals surface area contributed by atoms with Gasteiger partial charge >= 0.3 is 0 Å². The molecule has 0 radical (unpaired) electrons. The molecule has 5 heteroatoms. The molecule has 114 valence electrons. The molecule has 0 atom stereocenters. The number of hydrogen-bond acceptors (Lipinski definition) is 2. The number of thioether (sulfide) groups is 1. The van der Waals surface area contributed by atoms with Crippen molar-refractivity contribution < 1.29 is 0 Å². The van der Waals surface area contributed by atoms with Crippen LogP contribution in [0.1, 0.15) is 31.5 Å². The summed E-state index contributed by atoms with van der Waals surface area (Å²) >= 11 is 14.2. The lowest BCUT2D eigenvalue weighted by molar-refractivity contribution is 0.502. The molecule has 1 aromatic carbocycles. The number of alkyl halides is 1. The Morgan fingerprint density at radius 3 is 2.76 bits per heavy atom. The van der Waals surface area contributed by atoms with Crippen molar-refractivity contribution in [3.05, 3.63) is 29.0 Å². The van der Waals surface area contributed by atoms with Crippen LogP contribution < -0.4 is 0 Å². The van der Waals surface area contributed by atoms with Gasteiger partial charge in [-0.1, -0.05) is 24.4 Å². The Morgan fingerprint density at radius 2 is 2.10 bits per heavy atom. The Kier molecular flexibility index (Phi) is 4.72. The summed E-state index contributed by atoms with van der Waals surface area (Å²) in [6.45, 7) is 1.01. The molecule has 0 unspecified atom stereocenters. The van der Waals surface area contributed by atoms with Gasteiger partial charge in [-0.3, -0.25) is 0 Å². The molecule has 1 saturated carbocycles. The minimum Gasteiger partial charge on any atom is -0.327 e. The Morgan fingerprint density at radius 1 is 1.33 bits per heavy atom. The van der Waals surface area contributed by atoms with Crippen LogP contribution in [0.25, 0.3) is 11.0 Å². The average molecular weight is 343 g/mol. The lowest BCUT2D eigenvalue weighted by Gasteiger charge is -2.28. The predicted molar refractivity (Wildman–Crippen MR) is 93.9 cm³/mol. The van der Waals surface area contributed by atoms with E-state index in [1.54, 1.807) is 0 Å². The second-order valence-electron chi connectivity index (χ2n) is 5.78. The molecule has 2 nitrogen and oxygen atoms in total. The van der Waals surface area contributed by atoms with Crippen LogP contribution in [0.3, 0.4) is 0 Å². The molecular formula is C16H20Cl2N2S. The summed E-state index contributed by atoms with van der Waals surface area (Å²) in [5.74, 6) is 1.69. The standard InChI is InChI=1S/C16H20Cl2N2S/c1-21-16(7-2-3-8-16)11-20-14-10-12(18)4-5-13(14)19-15(20)6-9-17/h4-5,10H,2-3,6-9,11H2,1H3. The smallest absolute Gasteiger partial charge is 0.111 e. The van der Waals surface area contributed by atoms with E-state index < -0.39 is 0 Å². The molecule has 2 aromatic rings. The summed E-state index contributed by atoms with van der Waals surface area (Å²) in [5.41, 5.74) is 2.16. The quantitative estimate of drug-likeness (QED) is 0.699. The SMILES string of the molecule is CSC1(Cn2c(CCCl)nc3ccc(Cl)cc32)CCCC1. The maximum absolute atomic E-state index is 6.19. The zero-order valence-electron chi connectivity index (χ0n) is 12.2. The number of nitrogens with zero attached hydrogens (tertiary/aromatic N) is 2. The van der Waals surface area contributed by atoms with Gasteiger partial charge in [0.2, 0.25) is 0 Å². The first-order chi connectivity index (χ1) is 10.2. The van der Waals surface area contributed by atoms with E-state index in [2.05, 4.69) is 10.8 Å². The normalized spacial score (nSPS) is 17.7. The van der Waals surface area contributed by atoms with Gasteiger partial charge in [0.15, 0.2) is 0 Å². The van der Waals surface area contributed by atoms with E-state index in [-0.39, 0.29) is 0 Å². The highest BCUT2D eigenvalue weighted by Gasteiger charge is 2.34. The van der Waals surface area contributed by atoms with Crippen LogP contribution in [0.5, 0.6) is 0 Å². The lowest BCUT2D eigenvalue weighted by Crippen LogP contribution is -2.27. The molecule has 0 amide bonds. The maximum atomic E-state index is 6.19. The van der Waals surface area contributed by atoms with Crippen LogP contribution >= 0.6 is 35.0 Å². The number of aromatic nitrogens is 2. The molecule has 1 aliphatic carbocycles. The van der Waals surface area contributed by atoms with Crippen molar-refractivity contribution in [2.45, 2.75) is 43.4 Å². The molecule has 1 aromatic heterocycles. The van der Waals surface area contributed by atoms with Crippen molar-refractivity contribution in [1.82, 2.24) is 9.55 Å². The summed E-state index contributed by atoms with van der Waals surface area (Å²) in [4.78, 5) is 4.76. The first kappa shape index (κ1) is 15.5. The van der Waals surface area contributed by atoms with Gasteiger partial charge in [0.25, 0.3) is 0 Å². The van der Waals surface area contributed by atoms with E-state index in [0.29, 0.717) is 10.6 Å². The van der Waals surface area contributed by atoms with Crippen molar-refractivity contribution in [3.8, 4) is 0 Å². The molecule has 1 heterocycles. The van der Waals surface area contributed by atoms with Crippen molar-refractivity contribution in [1.29, 1.82) is 0 Å². The Balaban J connectivity index is 2.05. The highest BCUT2D eigenvalue weighted by molar-refractivity contribution is 8.00. The molecule has 0 bridgehead atoms. The van der Waals surface area contributed by atoms with Gasteiger partial charge in [0.05, 0.1) is 11.0 Å². The second-order valence-corrected chi connectivity index (χ2v) is 7.87. The second kappa shape index (κ2) is 6.39. The molecule has 1 aliphatic rings. The Labute approximate surface area is 140 Å². The van der Waals surface area contributed by atoms with Crippen LogP contribution in [-0.2, 0) is 13.0 Å². The maximum Gasteiger partial charge on any atom is 0.111 e. The van der Waals surface area contributed by atoms with Crippen molar-refractivity contribution in [2.24, 2.45) is 0 Å². The monoisotopic (exact) mass is 342 g/mol. The zero-order chi connectivity index (χ0) is 14.9. The molecule has 0 N–H and O–H groups in total. The number of aryl methyl sites for hydroxylation is 1. The third-order valence-electron chi connectivity index (χ3n) is 4.50. The van der Waals surface area contributed by atoms with Gasteiger partial charge in [0.1, 0.15) is 5.82 Å². The number of imidazole rings is 1. The van der Waals surface area contributed by atoms with E-state index in [9.17, 15) is 0 Å². The fraction of sp³-hybridized carbons (Fsp3) is 0.562. The summed E-state index contributed by atoms with van der Waals surface area (Å²) in [7, 11) is 0. The van der Waals surface area contributed by atoms with E-state index in [0.717, 1.165) is 34.8 Å². The Hall–Kier alpha value is -0.380. The van der Waals surface area contributed by atoms with E-state index in [1.165, 1.54) is 25.7 Å². The van der Waals surface area contributed by atoms with Crippen molar-refractivity contribution in [3.63, 3.8) is 0 Å². The largest absolute Gasteiger partial charge is 0.327 e. The molecule has 0 saturated heterocycles. The lowest BCUT2D eigenvalue weighted by atomic mass is 10.1. The zero-order valence-corrected chi connectivity index (χ0v) is 14.6. The third kappa shape index (κ3) is 3.06. The number of rotatable bonds is 5. The first-order valence-corrected chi connectivity index (χ1v) is 9.57. The van der Waals surface area contributed by atoms with Crippen molar-refractivity contribution >= 4 is 46.0 Å². The van der Waals surface area contributed by atoms with Gasteiger partial charge in [-0.15, -0.1) is 11.6 Å². The minimum atomic E-state index is 0.344. The molecule has 3 rings (SSSR count). The van der Waals surface area contributed by atoms with Crippen LogP contribution in [0, 0.1) is 0 Å². The van der Waals surface area contributed by atoms with E-state index >= 15 is 0 Å². The summed E-state index contributed by atoms with van der Waals surface area (Å²) in [6, 6.07) is 5.95. The summed E-state index contributed by atoms with van der Waals surface area (Å²) < 4.78 is 2.70. The van der Waals surface area contributed by atoms with Crippen LogP contribution in [0.15, 0.2) is 18.2 Å². The van der Waals surface area contributed by atoms with Crippen molar-refractivity contribution in [2.75, 3.05) is 12.1 Å². The molecular weight excluding hydrogens is 323 g/mol. The molecule has 21 heavy (non-hydrogen) atoms. The highest BCUT2D eigenvalue weighted by atomic mass is 35.5. The topological polar surface area (TPSA) is 17.8 Å². The summed E-state index contributed by atoms with van der Waals surface area (Å²) in [5, 5.41) is 0.769. The van der Waals surface area contributed by atoms with Gasteiger partial charge in [-0.05, 0) is 37.3 Å². The number of fused-ring (bicyclic) bond motifs is 1. The molecule has 1 fully saturated rings. The van der Waals surface area contributed by atoms with Crippen LogP contribution in [0.2, 0.25) is 5.02 Å². The first-order valence-electron chi connectivity index (χ1n) is 7.43.